The Bertz CT molecular complexity index is 682. The highest BCUT2D eigenvalue weighted by Gasteiger charge is 2.08. The maximum Gasteiger partial charge on any atom is 0.0492 e. The van der Waals surface area contributed by atoms with Crippen LogP contribution in [0.3, 0.4) is 0 Å². The zero-order valence-electron chi connectivity index (χ0n) is 9.77. The second kappa shape index (κ2) is 3.79. The van der Waals surface area contributed by atoms with Gasteiger partial charge in [0.1, 0.15) is 0 Å². The number of nitrogens with two attached hydrogens (primary N) is 1. The van der Waals surface area contributed by atoms with Crippen LogP contribution in [0.15, 0.2) is 42.5 Å². The monoisotopic (exact) mass is 225 g/mol. The molecule has 0 bridgehead atoms. The fourth-order valence-electron chi connectivity index (χ4n) is 2.48. The van der Waals surface area contributed by atoms with Gasteiger partial charge in [-0.15, -0.1) is 0 Å². The minimum atomic E-state index is 0.941. The fraction of sp³-hybridized carbons (Fsp3) is 0.143. The van der Waals surface area contributed by atoms with Gasteiger partial charge >= 0.3 is 0 Å². The summed E-state index contributed by atoms with van der Waals surface area (Å²) >= 11 is 0. The van der Waals surface area contributed by atoms with Crippen LogP contribution in [-0.4, -0.2) is 4.57 Å². The summed E-state index contributed by atoms with van der Waals surface area (Å²) in [6.07, 6.45) is 0. The molecule has 0 aliphatic carbocycles. The number of nitrogens with one attached hydrogen (secondary N) is 1. The molecular formula is C14H15N3. The lowest BCUT2D eigenvalue weighted by molar-refractivity contribution is 0.827. The molecule has 0 atom stereocenters. The van der Waals surface area contributed by atoms with Gasteiger partial charge in [-0.3, -0.25) is 5.84 Å². The van der Waals surface area contributed by atoms with Crippen molar-refractivity contribution in [2.45, 2.75) is 13.5 Å². The first-order chi connectivity index (χ1) is 8.35. The lowest BCUT2D eigenvalue weighted by Crippen LogP contribution is -2.06. The van der Waals surface area contributed by atoms with Crippen molar-refractivity contribution < 1.29 is 0 Å². The second-order valence-corrected chi connectivity index (χ2v) is 4.14. The van der Waals surface area contributed by atoms with Crippen LogP contribution in [0, 0.1) is 0 Å². The normalized spacial score (nSPS) is 11.2. The Morgan fingerprint density at radius 1 is 1.06 bits per heavy atom. The van der Waals surface area contributed by atoms with E-state index in [0.717, 1.165) is 12.2 Å². The van der Waals surface area contributed by atoms with Crippen molar-refractivity contribution >= 4 is 27.5 Å². The highest BCUT2D eigenvalue weighted by molar-refractivity contribution is 6.09. The van der Waals surface area contributed by atoms with Crippen LogP contribution >= 0.6 is 0 Å². The topological polar surface area (TPSA) is 43.0 Å². The van der Waals surface area contributed by atoms with Gasteiger partial charge in [-0.1, -0.05) is 18.2 Å². The highest BCUT2D eigenvalue weighted by Crippen LogP contribution is 2.30. The summed E-state index contributed by atoms with van der Waals surface area (Å²) in [6, 6.07) is 14.7. The lowest BCUT2D eigenvalue weighted by atomic mass is 10.1. The van der Waals surface area contributed by atoms with Crippen LogP contribution in [0.25, 0.3) is 21.8 Å². The van der Waals surface area contributed by atoms with Crippen molar-refractivity contribution in [3.8, 4) is 0 Å². The first kappa shape index (κ1) is 10.2. The number of hydrazine groups is 1. The number of hydrogen-bond donors (Lipinski definition) is 2. The van der Waals surface area contributed by atoms with Crippen molar-refractivity contribution in [2.24, 2.45) is 5.84 Å². The fourth-order valence-corrected chi connectivity index (χ4v) is 2.48. The van der Waals surface area contributed by atoms with Gasteiger partial charge in [-0.2, -0.15) is 0 Å². The van der Waals surface area contributed by atoms with Crippen molar-refractivity contribution in [3.05, 3.63) is 42.5 Å². The Hall–Kier alpha value is -2.00. The van der Waals surface area contributed by atoms with Crippen LogP contribution in [0.5, 0.6) is 0 Å². The summed E-state index contributed by atoms with van der Waals surface area (Å²) in [7, 11) is 0. The van der Waals surface area contributed by atoms with Gasteiger partial charge in [0.15, 0.2) is 0 Å². The molecule has 1 aromatic heterocycles. The number of rotatable bonds is 2. The van der Waals surface area contributed by atoms with Crippen molar-refractivity contribution in [1.82, 2.24) is 4.57 Å². The molecule has 0 aliphatic heterocycles. The molecule has 17 heavy (non-hydrogen) atoms. The molecular weight excluding hydrogens is 210 g/mol. The smallest absolute Gasteiger partial charge is 0.0492 e. The van der Waals surface area contributed by atoms with Crippen LogP contribution in [0.4, 0.5) is 5.69 Å². The third-order valence-corrected chi connectivity index (χ3v) is 3.26. The molecule has 0 saturated carbocycles. The summed E-state index contributed by atoms with van der Waals surface area (Å²) in [6.45, 7) is 3.14. The molecule has 3 nitrogen and oxygen atoms in total. The first-order valence-electron chi connectivity index (χ1n) is 5.82. The van der Waals surface area contributed by atoms with Gasteiger partial charge in [0.05, 0.1) is 0 Å². The lowest BCUT2D eigenvalue weighted by Gasteiger charge is -2.03. The van der Waals surface area contributed by atoms with Gasteiger partial charge in [0.25, 0.3) is 0 Å². The third-order valence-electron chi connectivity index (χ3n) is 3.26. The first-order valence-corrected chi connectivity index (χ1v) is 5.82. The van der Waals surface area contributed by atoms with E-state index < -0.39 is 0 Å². The maximum atomic E-state index is 5.47. The van der Waals surface area contributed by atoms with Crippen molar-refractivity contribution in [3.63, 3.8) is 0 Å². The quantitative estimate of drug-likeness (QED) is 0.520. The van der Waals surface area contributed by atoms with Gasteiger partial charge in [0.2, 0.25) is 0 Å². The Morgan fingerprint density at radius 2 is 1.82 bits per heavy atom. The second-order valence-electron chi connectivity index (χ2n) is 4.14. The number of anilines is 1. The molecule has 3 N–H and O–H groups in total. The molecule has 86 valence electrons. The van der Waals surface area contributed by atoms with Gasteiger partial charge in [0, 0.05) is 34.0 Å². The van der Waals surface area contributed by atoms with Crippen LogP contribution in [-0.2, 0) is 6.54 Å². The van der Waals surface area contributed by atoms with E-state index in [2.05, 4.69) is 53.3 Å². The molecule has 0 fully saturated rings. The number of benzene rings is 2. The summed E-state index contributed by atoms with van der Waals surface area (Å²) < 4.78 is 2.32. The van der Waals surface area contributed by atoms with Gasteiger partial charge in [-0.25, -0.2) is 0 Å². The zero-order chi connectivity index (χ0) is 11.8. The van der Waals surface area contributed by atoms with Crippen LogP contribution in [0.1, 0.15) is 6.92 Å². The molecule has 0 amide bonds. The molecule has 0 radical (unpaired) electrons. The Morgan fingerprint density at radius 3 is 2.59 bits per heavy atom. The minimum absolute atomic E-state index is 0.941. The SMILES string of the molecule is CCn1c2ccccc2c2cc(NN)ccc21. The van der Waals surface area contributed by atoms with E-state index in [-0.39, 0.29) is 0 Å². The number of aryl methyl sites for hydroxylation is 1. The highest BCUT2D eigenvalue weighted by atomic mass is 15.2. The molecule has 0 saturated heterocycles. The number of fused-ring (bicyclic) bond motifs is 3. The van der Waals surface area contributed by atoms with Crippen molar-refractivity contribution in [1.29, 1.82) is 0 Å². The minimum Gasteiger partial charge on any atom is -0.341 e. The van der Waals surface area contributed by atoms with Gasteiger partial charge in [-0.05, 0) is 31.2 Å². The van der Waals surface area contributed by atoms with E-state index >= 15 is 0 Å². The summed E-state index contributed by atoms with van der Waals surface area (Å²) in [5.74, 6) is 5.47. The summed E-state index contributed by atoms with van der Waals surface area (Å²) in [4.78, 5) is 0. The van der Waals surface area contributed by atoms with E-state index in [1.807, 2.05) is 6.07 Å². The molecule has 3 aromatic rings. The largest absolute Gasteiger partial charge is 0.341 e. The van der Waals surface area contributed by atoms with E-state index in [1.54, 1.807) is 0 Å². The Kier molecular flexibility index (Phi) is 2.27. The van der Waals surface area contributed by atoms with E-state index in [0.29, 0.717) is 0 Å². The van der Waals surface area contributed by atoms with E-state index in [4.69, 9.17) is 5.84 Å². The average molecular weight is 225 g/mol. The molecule has 0 aliphatic rings. The number of nitrogens with zero attached hydrogens (tertiary/aromatic N) is 1. The predicted molar refractivity (Wildman–Crippen MR) is 72.9 cm³/mol. The maximum absolute atomic E-state index is 5.47. The Labute approximate surface area is 99.8 Å². The molecule has 3 heteroatoms. The number of nitrogen functional groups attached to an aromatic ring is 1. The Balaban J connectivity index is 2.49. The molecule has 1 heterocycles. The van der Waals surface area contributed by atoms with Gasteiger partial charge < -0.3 is 9.99 Å². The molecule has 3 rings (SSSR count). The zero-order valence-corrected chi connectivity index (χ0v) is 9.77. The predicted octanol–water partition coefficient (Wildman–Crippen LogP) is 3.10. The number of para-hydroxylation sites is 1. The molecule has 0 spiro atoms. The van der Waals surface area contributed by atoms with Crippen LogP contribution < -0.4 is 11.3 Å². The van der Waals surface area contributed by atoms with Crippen molar-refractivity contribution in [2.75, 3.05) is 5.43 Å². The molecule has 0 unspecified atom stereocenters. The summed E-state index contributed by atoms with van der Waals surface area (Å²) in [5, 5.41) is 2.53. The number of aromatic nitrogens is 1. The molecule has 2 aromatic carbocycles. The van der Waals surface area contributed by atoms with Crippen LogP contribution in [0.2, 0.25) is 0 Å². The third kappa shape index (κ3) is 1.40. The standard InChI is InChI=1S/C14H15N3/c1-2-17-13-6-4-3-5-11(13)12-9-10(16-15)7-8-14(12)17/h3-9,16H,2,15H2,1H3. The number of hydrogen-bond acceptors (Lipinski definition) is 2. The van der Waals surface area contributed by atoms with E-state index in [9.17, 15) is 0 Å². The van der Waals surface area contributed by atoms with E-state index in [1.165, 1.54) is 21.8 Å². The average Bonchev–Trinajstić information content (AvgIpc) is 2.71. The summed E-state index contributed by atoms with van der Waals surface area (Å²) in [5.41, 5.74) is 6.18.